The van der Waals surface area contributed by atoms with Gasteiger partial charge in [-0.1, -0.05) is 70.0 Å². The number of hydrogen-bond donors (Lipinski definition) is 2. The summed E-state index contributed by atoms with van der Waals surface area (Å²) in [5.41, 5.74) is 3.99. The molecule has 3 fully saturated rings. The number of rotatable bonds is 12. The van der Waals surface area contributed by atoms with Crippen molar-refractivity contribution in [2.24, 2.45) is 17.8 Å². The number of ether oxygens (including phenoxy) is 4. The molecule has 1 amide bonds. The van der Waals surface area contributed by atoms with Crippen LogP contribution in [0.15, 0.2) is 66.7 Å². The molecule has 2 bridgehead atoms. The van der Waals surface area contributed by atoms with Gasteiger partial charge in [-0.3, -0.25) is 10.2 Å². The molecule has 4 unspecified atom stereocenters. The molecule has 2 saturated carbocycles. The van der Waals surface area contributed by atoms with Gasteiger partial charge in [0.15, 0.2) is 11.5 Å². The zero-order chi connectivity index (χ0) is 36.4. The molecule has 0 radical (unpaired) electrons. The van der Waals surface area contributed by atoms with Crippen LogP contribution >= 0.6 is 0 Å². The van der Waals surface area contributed by atoms with Gasteiger partial charge in [0.25, 0.3) is 0 Å². The van der Waals surface area contributed by atoms with Crippen molar-refractivity contribution in [1.82, 2.24) is 4.90 Å². The Morgan fingerprint density at radius 2 is 1.83 bits per heavy atom. The van der Waals surface area contributed by atoms with Crippen molar-refractivity contribution >= 4 is 17.7 Å². The Bertz CT molecular complexity index is 1710. The third kappa shape index (κ3) is 6.83. The molecule has 1 saturated heterocycles. The molecule has 278 valence electrons. The van der Waals surface area contributed by atoms with Crippen LogP contribution in [0.3, 0.4) is 0 Å². The van der Waals surface area contributed by atoms with Gasteiger partial charge < -0.3 is 24.1 Å². The predicted molar refractivity (Wildman–Crippen MR) is 200 cm³/mol. The van der Waals surface area contributed by atoms with E-state index in [1.807, 2.05) is 50.2 Å². The second kappa shape index (κ2) is 15.6. The lowest BCUT2D eigenvalue weighted by Crippen LogP contribution is -2.69. The lowest BCUT2D eigenvalue weighted by atomic mass is 9.49. The predicted octanol–water partition coefficient (Wildman–Crippen LogP) is 7.92. The molecule has 2 heterocycles. The normalized spacial score (nSPS) is 27.3. The number of likely N-dealkylation sites (tertiary alicyclic amines) is 1. The van der Waals surface area contributed by atoms with E-state index in [4.69, 9.17) is 18.9 Å². The quantitative estimate of drug-likeness (QED) is 0.183. The number of carbonyl (C=O) groups excluding carboxylic acids is 2. The number of aliphatic hydroxyl groups is 1. The van der Waals surface area contributed by atoms with Gasteiger partial charge in [-0.2, -0.15) is 0 Å². The maximum atomic E-state index is 13.3. The highest BCUT2D eigenvalue weighted by Crippen LogP contribution is 2.65. The summed E-state index contributed by atoms with van der Waals surface area (Å²) in [4.78, 5) is 28.6. The SMILES string of the molecule is CC.CCCCC(O)[C@H]1CC2C3Cc4ccc(OC(=O)Nc5ccc(C(=O)OCc6ccccc6)cc5)c5c4[C@@]2(CCN3CC2CC2)[C@@H](O5)C1OC. The van der Waals surface area contributed by atoms with Crippen LogP contribution in [0.4, 0.5) is 10.5 Å². The Balaban J connectivity index is 0.00000207. The Kier molecular flexibility index (Phi) is 10.9. The minimum Gasteiger partial charge on any atom is -0.483 e. The molecular formula is C43H54N2O7. The van der Waals surface area contributed by atoms with E-state index >= 15 is 0 Å². The molecule has 9 nitrogen and oxygen atoms in total. The molecule has 1 spiro atoms. The maximum absolute atomic E-state index is 13.3. The third-order valence-electron chi connectivity index (χ3n) is 12.1. The van der Waals surface area contributed by atoms with Crippen molar-refractivity contribution < 1.29 is 33.6 Å². The number of methoxy groups -OCH3 is 1. The lowest BCUT2D eigenvalue weighted by molar-refractivity contribution is -0.162. The van der Waals surface area contributed by atoms with E-state index in [1.165, 1.54) is 24.0 Å². The summed E-state index contributed by atoms with van der Waals surface area (Å²) >= 11 is 0. The van der Waals surface area contributed by atoms with Gasteiger partial charge in [0.05, 0.1) is 11.7 Å². The second-order valence-electron chi connectivity index (χ2n) is 15.0. The summed E-state index contributed by atoms with van der Waals surface area (Å²) in [6.45, 7) is 8.51. The van der Waals surface area contributed by atoms with E-state index in [1.54, 1.807) is 31.4 Å². The Morgan fingerprint density at radius 3 is 2.54 bits per heavy atom. The van der Waals surface area contributed by atoms with Crippen LogP contribution in [-0.2, 0) is 27.9 Å². The number of carbonyl (C=O) groups is 2. The van der Waals surface area contributed by atoms with Crippen molar-refractivity contribution in [3.05, 3.63) is 89.0 Å². The maximum Gasteiger partial charge on any atom is 0.417 e. The Labute approximate surface area is 308 Å². The highest BCUT2D eigenvalue weighted by Gasteiger charge is 2.68. The molecule has 2 aliphatic heterocycles. The third-order valence-corrected chi connectivity index (χ3v) is 12.1. The fourth-order valence-electron chi connectivity index (χ4n) is 9.57. The summed E-state index contributed by atoms with van der Waals surface area (Å²) in [6.07, 6.45) is 6.56. The first-order valence-corrected chi connectivity index (χ1v) is 19.5. The fraction of sp³-hybridized carbons (Fsp3) is 0.535. The first kappa shape index (κ1) is 36.4. The van der Waals surface area contributed by atoms with Gasteiger partial charge in [-0.05, 0) is 98.4 Å². The first-order valence-electron chi connectivity index (χ1n) is 19.5. The number of esters is 1. The molecule has 7 atom stereocenters. The van der Waals surface area contributed by atoms with E-state index in [-0.39, 0.29) is 30.1 Å². The van der Waals surface area contributed by atoms with Crippen molar-refractivity contribution in [2.45, 2.75) is 109 Å². The average molecular weight is 711 g/mol. The summed E-state index contributed by atoms with van der Waals surface area (Å²) in [6, 6.07) is 20.5. The van der Waals surface area contributed by atoms with Gasteiger partial charge in [0.1, 0.15) is 18.8 Å². The van der Waals surface area contributed by atoms with Crippen LogP contribution < -0.4 is 14.8 Å². The largest absolute Gasteiger partial charge is 0.483 e. The number of piperidine rings is 1. The zero-order valence-corrected chi connectivity index (χ0v) is 31.0. The molecule has 8 rings (SSSR count). The number of benzene rings is 3. The minimum atomic E-state index is -0.641. The van der Waals surface area contributed by atoms with Gasteiger partial charge in [-0.15, -0.1) is 0 Å². The molecule has 52 heavy (non-hydrogen) atoms. The van der Waals surface area contributed by atoms with Crippen LogP contribution in [0, 0.1) is 17.8 Å². The summed E-state index contributed by atoms with van der Waals surface area (Å²) < 4.78 is 24.7. The van der Waals surface area contributed by atoms with Gasteiger partial charge in [-0.25, -0.2) is 9.59 Å². The number of nitrogens with zero attached hydrogens (tertiary/aromatic N) is 1. The molecule has 5 aliphatic rings. The number of unbranched alkanes of at least 4 members (excludes halogenated alkanes) is 1. The van der Waals surface area contributed by atoms with Crippen LogP contribution in [0.1, 0.15) is 92.8 Å². The minimum absolute atomic E-state index is 0.0276. The van der Waals surface area contributed by atoms with Crippen molar-refractivity contribution in [1.29, 1.82) is 0 Å². The van der Waals surface area contributed by atoms with E-state index in [2.05, 4.69) is 23.2 Å². The Hall–Kier alpha value is -3.92. The van der Waals surface area contributed by atoms with Crippen molar-refractivity contribution in [3.8, 4) is 11.5 Å². The van der Waals surface area contributed by atoms with Crippen molar-refractivity contribution in [3.63, 3.8) is 0 Å². The lowest BCUT2D eigenvalue weighted by Gasteiger charge is -2.61. The number of hydrogen-bond acceptors (Lipinski definition) is 8. The highest BCUT2D eigenvalue weighted by atomic mass is 16.6. The molecule has 3 aromatic carbocycles. The summed E-state index contributed by atoms with van der Waals surface area (Å²) in [5.74, 6) is 1.69. The van der Waals surface area contributed by atoms with Crippen LogP contribution in [0.25, 0.3) is 0 Å². The van der Waals surface area contributed by atoms with E-state index in [0.29, 0.717) is 34.7 Å². The summed E-state index contributed by atoms with van der Waals surface area (Å²) in [7, 11) is 1.75. The first-order chi connectivity index (χ1) is 25.4. The van der Waals surface area contributed by atoms with Crippen molar-refractivity contribution in [2.75, 3.05) is 25.5 Å². The number of anilines is 1. The van der Waals surface area contributed by atoms with Gasteiger partial charge in [0.2, 0.25) is 0 Å². The second-order valence-corrected chi connectivity index (χ2v) is 15.0. The van der Waals surface area contributed by atoms with Crippen LogP contribution in [0.5, 0.6) is 11.5 Å². The molecule has 0 aromatic heterocycles. The average Bonchev–Trinajstić information content (AvgIpc) is 3.93. The number of aliphatic hydroxyl groups excluding tert-OH is 1. The van der Waals surface area contributed by atoms with Gasteiger partial charge >= 0.3 is 12.1 Å². The zero-order valence-electron chi connectivity index (χ0n) is 31.0. The van der Waals surface area contributed by atoms with E-state index in [0.717, 1.165) is 63.1 Å². The topological polar surface area (TPSA) is 107 Å². The number of amides is 1. The molecule has 3 aliphatic carbocycles. The summed E-state index contributed by atoms with van der Waals surface area (Å²) in [5, 5.41) is 14.3. The van der Waals surface area contributed by atoms with E-state index in [9.17, 15) is 14.7 Å². The molecule has 2 N–H and O–H groups in total. The monoisotopic (exact) mass is 710 g/mol. The smallest absolute Gasteiger partial charge is 0.417 e. The Morgan fingerprint density at radius 1 is 1.06 bits per heavy atom. The standard InChI is InChI=1S/C41H48N2O7.C2H6/c1-3-4-10-33(44)30-22-31-32-21-28-15-18-34(37-35(28)41(31,38(50-37)36(30)47-2)19-20-43(32)23-25-11-12-25)49-40(46)42-29-16-13-27(14-17-29)39(45)48-24-26-8-6-5-7-9-26;1-2/h5-9,13-18,25,30-33,36,38,44H,3-4,10-12,19-24H2,1-2H3,(H,42,46);1-2H3/t30-,31?,32?,33?,36?,38+,41+;/m1./s1. The highest BCUT2D eigenvalue weighted by molar-refractivity contribution is 5.91. The molecule has 9 heteroatoms. The fourth-order valence-corrected chi connectivity index (χ4v) is 9.57. The number of nitrogens with one attached hydrogen (secondary N) is 1. The van der Waals surface area contributed by atoms with Crippen LogP contribution in [-0.4, -0.2) is 66.6 Å². The van der Waals surface area contributed by atoms with Crippen LogP contribution in [0.2, 0.25) is 0 Å². The van der Waals surface area contributed by atoms with Gasteiger partial charge in [0, 0.05) is 42.3 Å². The molecule has 3 aromatic rings. The van der Waals surface area contributed by atoms with E-state index < -0.39 is 18.2 Å². The molecular weight excluding hydrogens is 656 g/mol.